The molecular formula is C14H22ClNO2. The summed E-state index contributed by atoms with van der Waals surface area (Å²) in [5.41, 5.74) is 1.04. The van der Waals surface area contributed by atoms with E-state index in [-0.39, 0.29) is 12.1 Å². The van der Waals surface area contributed by atoms with Gasteiger partial charge in [-0.2, -0.15) is 0 Å². The molecule has 1 aromatic rings. The summed E-state index contributed by atoms with van der Waals surface area (Å²) in [4.78, 5) is 0. The Hall–Kier alpha value is -0.610. The molecule has 2 atom stereocenters. The van der Waals surface area contributed by atoms with Crippen LogP contribution in [0, 0.1) is 0 Å². The fraction of sp³-hybridized carbons (Fsp3) is 0.571. The number of ether oxygens (including phenoxy) is 1. The van der Waals surface area contributed by atoms with Gasteiger partial charge in [0.05, 0.1) is 18.8 Å². The molecule has 0 fully saturated rings. The highest BCUT2D eigenvalue weighted by Gasteiger charge is 2.11. The van der Waals surface area contributed by atoms with Gasteiger partial charge in [-0.05, 0) is 32.4 Å². The van der Waals surface area contributed by atoms with E-state index in [9.17, 15) is 5.11 Å². The zero-order valence-corrected chi connectivity index (χ0v) is 11.9. The smallest absolute Gasteiger partial charge is 0.0898 e. The van der Waals surface area contributed by atoms with Crippen LogP contribution in [-0.4, -0.2) is 30.5 Å². The van der Waals surface area contributed by atoms with Crippen molar-refractivity contribution in [3.05, 3.63) is 34.9 Å². The zero-order valence-electron chi connectivity index (χ0n) is 11.2. The lowest BCUT2D eigenvalue weighted by molar-refractivity contribution is 0.00561. The molecule has 0 bridgehead atoms. The third-order valence-corrected chi connectivity index (χ3v) is 3.00. The summed E-state index contributed by atoms with van der Waals surface area (Å²) < 4.78 is 5.35. The summed E-state index contributed by atoms with van der Waals surface area (Å²) in [6, 6.07) is 7.82. The van der Waals surface area contributed by atoms with E-state index >= 15 is 0 Å². The molecule has 1 rings (SSSR count). The molecule has 0 aliphatic carbocycles. The third-order valence-electron chi connectivity index (χ3n) is 2.65. The molecule has 0 amide bonds. The molecule has 0 aliphatic heterocycles. The fourth-order valence-electron chi connectivity index (χ4n) is 1.61. The van der Waals surface area contributed by atoms with E-state index in [1.807, 2.05) is 45.0 Å². The van der Waals surface area contributed by atoms with E-state index in [1.54, 1.807) is 0 Å². The Morgan fingerprint density at radius 2 is 1.94 bits per heavy atom. The summed E-state index contributed by atoms with van der Waals surface area (Å²) in [6.45, 7) is 6.76. The maximum Gasteiger partial charge on any atom is 0.0898 e. The summed E-state index contributed by atoms with van der Waals surface area (Å²) in [5.74, 6) is 0. The van der Waals surface area contributed by atoms with Crippen LogP contribution in [0.15, 0.2) is 24.3 Å². The standard InChI is InChI=1S/C14H22ClNO2/c1-10(2)18-9-12(17)8-16-11(3)13-6-4-5-7-14(13)15/h4-7,10-12,16-17H,8-9H2,1-3H3/t11-,12?/m0/s1. The van der Waals surface area contributed by atoms with Gasteiger partial charge in [-0.3, -0.25) is 0 Å². The second kappa shape index (κ2) is 7.74. The van der Waals surface area contributed by atoms with Crippen molar-refractivity contribution in [3.63, 3.8) is 0 Å². The number of benzene rings is 1. The number of nitrogens with one attached hydrogen (secondary N) is 1. The van der Waals surface area contributed by atoms with Crippen LogP contribution in [-0.2, 0) is 4.74 Å². The average molecular weight is 272 g/mol. The quantitative estimate of drug-likeness (QED) is 0.801. The van der Waals surface area contributed by atoms with Crippen LogP contribution in [0.5, 0.6) is 0 Å². The topological polar surface area (TPSA) is 41.5 Å². The van der Waals surface area contributed by atoms with Gasteiger partial charge in [0.15, 0.2) is 0 Å². The van der Waals surface area contributed by atoms with Gasteiger partial charge in [0.25, 0.3) is 0 Å². The molecule has 4 heteroatoms. The van der Waals surface area contributed by atoms with Gasteiger partial charge in [-0.25, -0.2) is 0 Å². The molecule has 1 unspecified atom stereocenters. The number of aliphatic hydroxyl groups excluding tert-OH is 1. The monoisotopic (exact) mass is 271 g/mol. The lowest BCUT2D eigenvalue weighted by atomic mass is 10.1. The normalized spacial score (nSPS) is 14.8. The minimum absolute atomic E-state index is 0.104. The van der Waals surface area contributed by atoms with Gasteiger partial charge in [0.1, 0.15) is 0 Å². The van der Waals surface area contributed by atoms with E-state index < -0.39 is 6.10 Å². The summed E-state index contributed by atoms with van der Waals surface area (Å²) in [6.07, 6.45) is -0.363. The van der Waals surface area contributed by atoms with Gasteiger partial charge >= 0.3 is 0 Å². The van der Waals surface area contributed by atoms with E-state index in [2.05, 4.69) is 5.32 Å². The van der Waals surface area contributed by atoms with Crippen molar-refractivity contribution >= 4 is 11.6 Å². The van der Waals surface area contributed by atoms with Gasteiger partial charge in [0.2, 0.25) is 0 Å². The number of halogens is 1. The van der Waals surface area contributed by atoms with Crippen molar-refractivity contribution in [1.82, 2.24) is 5.32 Å². The molecule has 0 aromatic heterocycles. The van der Waals surface area contributed by atoms with Crippen LogP contribution >= 0.6 is 11.6 Å². The Kier molecular flexibility index (Phi) is 6.65. The predicted molar refractivity (Wildman–Crippen MR) is 75.0 cm³/mol. The molecule has 0 radical (unpaired) electrons. The SMILES string of the molecule is CC(C)OCC(O)CN[C@@H](C)c1ccccc1Cl. The molecule has 2 N–H and O–H groups in total. The molecule has 0 spiro atoms. The second-order valence-electron chi connectivity index (χ2n) is 4.69. The Bertz CT molecular complexity index is 357. The Labute approximate surface area is 114 Å². The first-order valence-corrected chi connectivity index (χ1v) is 6.66. The largest absolute Gasteiger partial charge is 0.389 e. The molecule has 0 aliphatic rings. The van der Waals surface area contributed by atoms with Crippen LogP contribution in [0.2, 0.25) is 5.02 Å². The first-order chi connectivity index (χ1) is 8.50. The molecule has 102 valence electrons. The van der Waals surface area contributed by atoms with Gasteiger partial charge < -0.3 is 15.2 Å². The van der Waals surface area contributed by atoms with Gasteiger partial charge in [0, 0.05) is 17.6 Å². The molecule has 0 saturated heterocycles. The highest BCUT2D eigenvalue weighted by Crippen LogP contribution is 2.21. The van der Waals surface area contributed by atoms with Crippen LogP contribution < -0.4 is 5.32 Å². The average Bonchev–Trinajstić information content (AvgIpc) is 2.34. The lowest BCUT2D eigenvalue weighted by Gasteiger charge is -2.19. The van der Waals surface area contributed by atoms with Crippen molar-refractivity contribution in [1.29, 1.82) is 0 Å². The number of hydrogen-bond acceptors (Lipinski definition) is 3. The van der Waals surface area contributed by atoms with Crippen LogP contribution in [0.4, 0.5) is 0 Å². The number of hydrogen-bond donors (Lipinski definition) is 2. The third kappa shape index (κ3) is 5.36. The molecule has 3 nitrogen and oxygen atoms in total. The van der Waals surface area contributed by atoms with E-state index in [0.29, 0.717) is 13.2 Å². The zero-order chi connectivity index (χ0) is 13.5. The van der Waals surface area contributed by atoms with E-state index in [4.69, 9.17) is 16.3 Å². The Morgan fingerprint density at radius 1 is 1.28 bits per heavy atom. The van der Waals surface area contributed by atoms with Gasteiger partial charge in [-0.15, -0.1) is 0 Å². The van der Waals surface area contributed by atoms with Crippen LogP contribution in [0.1, 0.15) is 32.4 Å². The maximum atomic E-state index is 9.74. The summed E-state index contributed by atoms with van der Waals surface area (Å²) in [7, 11) is 0. The highest BCUT2D eigenvalue weighted by atomic mass is 35.5. The molecule has 1 aromatic carbocycles. The first-order valence-electron chi connectivity index (χ1n) is 6.28. The lowest BCUT2D eigenvalue weighted by Crippen LogP contribution is -2.32. The van der Waals surface area contributed by atoms with Gasteiger partial charge in [-0.1, -0.05) is 29.8 Å². The highest BCUT2D eigenvalue weighted by molar-refractivity contribution is 6.31. The van der Waals surface area contributed by atoms with Crippen molar-refractivity contribution in [2.45, 2.75) is 39.0 Å². The van der Waals surface area contributed by atoms with E-state index in [1.165, 1.54) is 0 Å². The van der Waals surface area contributed by atoms with Crippen molar-refractivity contribution in [2.75, 3.05) is 13.2 Å². The molecule has 0 heterocycles. The van der Waals surface area contributed by atoms with Crippen molar-refractivity contribution in [2.24, 2.45) is 0 Å². The van der Waals surface area contributed by atoms with E-state index in [0.717, 1.165) is 10.6 Å². The van der Waals surface area contributed by atoms with Crippen molar-refractivity contribution < 1.29 is 9.84 Å². The summed E-state index contributed by atoms with van der Waals surface area (Å²) in [5, 5.41) is 13.7. The second-order valence-corrected chi connectivity index (χ2v) is 5.09. The molecule has 18 heavy (non-hydrogen) atoms. The summed E-state index contributed by atoms with van der Waals surface area (Å²) >= 11 is 6.11. The maximum absolute atomic E-state index is 9.74. The van der Waals surface area contributed by atoms with Crippen molar-refractivity contribution in [3.8, 4) is 0 Å². The predicted octanol–water partition coefficient (Wildman–Crippen LogP) is 2.78. The Balaban J connectivity index is 2.37. The minimum Gasteiger partial charge on any atom is -0.389 e. The molecule has 0 saturated carbocycles. The molecular weight excluding hydrogens is 250 g/mol. The minimum atomic E-state index is -0.502. The van der Waals surface area contributed by atoms with Crippen LogP contribution in [0.3, 0.4) is 0 Å². The fourth-order valence-corrected chi connectivity index (χ4v) is 1.91. The Morgan fingerprint density at radius 3 is 2.56 bits per heavy atom. The number of rotatable bonds is 7. The first kappa shape index (κ1) is 15.4. The van der Waals surface area contributed by atoms with Crippen LogP contribution in [0.25, 0.3) is 0 Å². The number of aliphatic hydroxyl groups is 1.